The number of carbonyl (C=O) groups is 1. The first kappa shape index (κ1) is 14.7. The van der Waals surface area contributed by atoms with E-state index in [-0.39, 0.29) is 17.9 Å². The number of Topliss-reactive ketones (excluding diaryl/α,β-unsaturated/α-hetero) is 1. The van der Waals surface area contributed by atoms with Gasteiger partial charge in [0.15, 0.2) is 5.78 Å². The van der Waals surface area contributed by atoms with Crippen molar-refractivity contribution >= 4 is 17.2 Å². The minimum Gasteiger partial charge on any atom is -0.337 e. The second kappa shape index (κ2) is 6.67. The molecule has 0 atom stereocenters. The number of hydrogen-bond acceptors (Lipinski definition) is 3. The lowest BCUT2D eigenvalue weighted by molar-refractivity contribution is 0.101. The van der Waals surface area contributed by atoms with Crippen LogP contribution in [0.1, 0.15) is 23.7 Å². The van der Waals surface area contributed by atoms with E-state index in [0.717, 1.165) is 5.69 Å². The Morgan fingerprint density at radius 2 is 1.90 bits per heavy atom. The summed E-state index contributed by atoms with van der Waals surface area (Å²) in [6.07, 6.45) is 0.237. The second-order valence-corrected chi connectivity index (χ2v) is 4.59. The zero-order valence-corrected chi connectivity index (χ0v) is 11.7. The van der Waals surface area contributed by atoms with Gasteiger partial charge in [0.25, 0.3) is 0 Å². The number of hydrogen-bond donors (Lipinski definition) is 0. The molecule has 0 unspecified atom stereocenters. The molecule has 2 aromatic rings. The zero-order chi connectivity index (χ0) is 15.2. The van der Waals surface area contributed by atoms with Gasteiger partial charge in [0.05, 0.1) is 18.2 Å². The third-order valence-electron chi connectivity index (χ3n) is 3.15. The maximum atomic E-state index is 14.3. The van der Waals surface area contributed by atoms with Gasteiger partial charge in [-0.05, 0) is 31.2 Å². The Labute approximate surface area is 123 Å². The SMILES string of the molecule is CC(=O)c1cccc(F)c1N(CCC#N)c1ccccc1. The van der Waals surface area contributed by atoms with Crippen LogP contribution in [-0.2, 0) is 0 Å². The number of ketones is 1. The fourth-order valence-electron chi connectivity index (χ4n) is 2.21. The molecule has 0 N–H and O–H groups in total. The van der Waals surface area contributed by atoms with E-state index < -0.39 is 5.82 Å². The van der Waals surface area contributed by atoms with E-state index in [1.54, 1.807) is 11.0 Å². The van der Waals surface area contributed by atoms with Crippen molar-refractivity contribution in [2.24, 2.45) is 0 Å². The molecule has 0 amide bonds. The molecule has 0 aliphatic carbocycles. The van der Waals surface area contributed by atoms with Crippen molar-refractivity contribution in [1.29, 1.82) is 5.26 Å². The fraction of sp³-hybridized carbons (Fsp3) is 0.176. The Morgan fingerprint density at radius 3 is 2.52 bits per heavy atom. The molecule has 2 aromatic carbocycles. The van der Waals surface area contributed by atoms with Crippen LogP contribution in [0.4, 0.5) is 15.8 Å². The van der Waals surface area contributed by atoms with Crippen molar-refractivity contribution in [3.05, 3.63) is 59.9 Å². The predicted molar refractivity (Wildman–Crippen MR) is 80.1 cm³/mol. The summed E-state index contributed by atoms with van der Waals surface area (Å²) >= 11 is 0. The molecule has 0 aliphatic rings. The molecule has 4 heteroatoms. The van der Waals surface area contributed by atoms with Crippen LogP contribution in [0.15, 0.2) is 48.5 Å². The van der Waals surface area contributed by atoms with E-state index in [1.165, 1.54) is 19.1 Å². The number of nitrogens with zero attached hydrogens (tertiary/aromatic N) is 2. The van der Waals surface area contributed by atoms with Crippen LogP contribution in [0.2, 0.25) is 0 Å². The van der Waals surface area contributed by atoms with Gasteiger partial charge in [-0.15, -0.1) is 0 Å². The number of rotatable bonds is 5. The molecule has 0 aromatic heterocycles. The van der Waals surface area contributed by atoms with Crippen molar-refractivity contribution < 1.29 is 9.18 Å². The van der Waals surface area contributed by atoms with Crippen LogP contribution in [0.3, 0.4) is 0 Å². The number of anilines is 2. The fourth-order valence-corrected chi connectivity index (χ4v) is 2.21. The topological polar surface area (TPSA) is 44.1 Å². The van der Waals surface area contributed by atoms with Crippen molar-refractivity contribution in [1.82, 2.24) is 0 Å². The largest absolute Gasteiger partial charge is 0.337 e. The number of benzene rings is 2. The Kier molecular flexibility index (Phi) is 4.68. The van der Waals surface area contributed by atoms with Crippen molar-refractivity contribution in [2.45, 2.75) is 13.3 Å². The molecular weight excluding hydrogens is 267 g/mol. The normalized spacial score (nSPS) is 9.95. The number of carbonyl (C=O) groups excluding carboxylic acids is 1. The first-order valence-electron chi connectivity index (χ1n) is 6.64. The van der Waals surface area contributed by atoms with Crippen LogP contribution >= 0.6 is 0 Å². The van der Waals surface area contributed by atoms with E-state index in [0.29, 0.717) is 12.1 Å². The maximum Gasteiger partial charge on any atom is 0.162 e. The lowest BCUT2D eigenvalue weighted by Gasteiger charge is -2.26. The molecule has 3 nitrogen and oxygen atoms in total. The quantitative estimate of drug-likeness (QED) is 0.776. The Balaban J connectivity index is 2.57. The van der Waals surface area contributed by atoms with Crippen LogP contribution < -0.4 is 4.90 Å². The molecule has 0 aliphatic heterocycles. The first-order valence-corrected chi connectivity index (χ1v) is 6.64. The van der Waals surface area contributed by atoms with Crippen molar-refractivity contribution in [3.8, 4) is 6.07 Å². The summed E-state index contributed by atoms with van der Waals surface area (Å²) in [5.74, 6) is -0.674. The second-order valence-electron chi connectivity index (χ2n) is 4.59. The molecule has 0 bridgehead atoms. The molecule has 0 radical (unpaired) electrons. The first-order chi connectivity index (χ1) is 10.1. The van der Waals surface area contributed by atoms with E-state index in [9.17, 15) is 9.18 Å². The lowest BCUT2D eigenvalue weighted by atomic mass is 10.1. The summed E-state index contributed by atoms with van der Waals surface area (Å²) in [5, 5.41) is 8.82. The van der Waals surface area contributed by atoms with Gasteiger partial charge in [-0.2, -0.15) is 5.26 Å². The van der Waals surface area contributed by atoms with Gasteiger partial charge in [0.1, 0.15) is 5.82 Å². The molecule has 106 valence electrons. The third kappa shape index (κ3) is 3.26. The van der Waals surface area contributed by atoms with E-state index in [1.807, 2.05) is 30.3 Å². The highest BCUT2D eigenvalue weighted by atomic mass is 19.1. The molecule has 0 fully saturated rings. The van der Waals surface area contributed by atoms with Gasteiger partial charge >= 0.3 is 0 Å². The van der Waals surface area contributed by atoms with Crippen molar-refractivity contribution in [2.75, 3.05) is 11.4 Å². The predicted octanol–water partition coefficient (Wildman–Crippen LogP) is 4.08. The van der Waals surface area contributed by atoms with E-state index in [4.69, 9.17) is 5.26 Å². The van der Waals surface area contributed by atoms with E-state index >= 15 is 0 Å². The maximum absolute atomic E-state index is 14.3. The smallest absolute Gasteiger partial charge is 0.162 e. The van der Waals surface area contributed by atoms with E-state index in [2.05, 4.69) is 6.07 Å². The van der Waals surface area contributed by atoms with Crippen LogP contribution in [0.5, 0.6) is 0 Å². The molecule has 0 saturated carbocycles. The highest BCUT2D eigenvalue weighted by molar-refractivity contribution is 6.00. The van der Waals surface area contributed by atoms with Crippen LogP contribution in [0.25, 0.3) is 0 Å². The van der Waals surface area contributed by atoms with Crippen LogP contribution in [0, 0.1) is 17.1 Å². The zero-order valence-electron chi connectivity index (χ0n) is 11.7. The number of halogens is 1. The van der Waals surface area contributed by atoms with Gasteiger partial charge in [-0.25, -0.2) is 4.39 Å². The standard InChI is InChI=1S/C17H15FN2O/c1-13(21)15-9-5-10-16(18)17(15)20(12-6-11-19)14-7-3-2-4-8-14/h2-5,7-10H,6,12H2,1H3. The monoisotopic (exact) mass is 282 g/mol. The van der Waals surface area contributed by atoms with Gasteiger partial charge in [0, 0.05) is 17.8 Å². The molecule has 21 heavy (non-hydrogen) atoms. The van der Waals surface area contributed by atoms with Crippen LogP contribution in [-0.4, -0.2) is 12.3 Å². The Morgan fingerprint density at radius 1 is 1.19 bits per heavy atom. The highest BCUT2D eigenvalue weighted by Gasteiger charge is 2.19. The average molecular weight is 282 g/mol. The number of para-hydroxylation sites is 2. The molecule has 0 saturated heterocycles. The molecule has 0 spiro atoms. The highest BCUT2D eigenvalue weighted by Crippen LogP contribution is 2.31. The minimum atomic E-state index is -0.468. The summed E-state index contributed by atoms with van der Waals surface area (Å²) in [5.41, 5.74) is 1.29. The van der Waals surface area contributed by atoms with Gasteiger partial charge < -0.3 is 4.90 Å². The summed E-state index contributed by atoms with van der Waals surface area (Å²) in [6.45, 7) is 1.73. The summed E-state index contributed by atoms with van der Waals surface area (Å²) < 4.78 is 14.3. The van der Waals surface area contributed by atoms with Gasteiger partial charge in [-0.3, -0.25) is 4.79 Å². The Bertz CT molecular complexity index is 677. The summed E-state index contributed by atoms with van der Waals surface area (Å²) in [4.78, 5) is 13.4. The van der Waals surface area contributed by atoms with Gasteiger partial charge in [0.2, 0.25) is 0 Å². The average Bonchev–Trinajstić information content (AvgIpc) is 2.49. The Hall–Kier alpha value is -2.67. The summed E-state index contributed by atoms with van der Waals surface area (Å²) in [6, 6.07) is 15.7. The summed E-state index contributed by atoms with van der Waals surface area (Å²) in [7, 11) is 0. The molecule has 0 heterocycles. The number of nitriles is 1. The molecular formula is C17H15FN2O. The third-order valence-corrected chi connectivity index (χ3v) is 3.15. The minimum absolute atomic E-state index is 0.206. The lowest BCUT2D eigenvalue weighted by Crippen LogP contribution is -2.21. The molecule has 2 rings (SSSR count). The van der Waals surface area contributed by atoms with Crippen molar-refractivity contribution in [3.63, 3.8) is 0 Å². The van der Waals surface area contributed by atoms with Gasteiger partial charge in [-0.1, -0.05) is 24.3 Å².